The average molecular weight is 551 g/mol. The maximum atomic E-state index is 12.6. The van der Waals surface area contributed by atoms with Crippen molar-refractivity contribution in [3.8, 4) is 5.75 Å². The number of rotatable bonds is 6. The van der Waals surface area contributed by atoms with Crippen molar-refractivity contribution in [2.24, 2.45) is 0 Å². The van der Waals surface area contributed by atoms with Crippen molar-refractivity contribution in [3.63, 3.8) is 0 Å². The van der Waals surface area contributed by atoms with Crippen LogP contribution in [0.25, 0.3) is 10.9 Å². The lowest BCUT2D eigenvalue weighted by Gasteiger charge is -2.11. The number of aryl methyl sites for hydroxylation is 1. The highest BCUT2D eigenvalue weighted by Gasteiger charge is 2.38. The van der Waals surface area contributed by atoms with Gasteiger partial charge < -0.3 is 14.8 Å². The number of nitrogens with one attached hydrogen (secondary N) is 2. The second-order valence-corrected chi connectivity index (χ2v) is 9.86. The largest absolute Gasteiger partial charge is 0.490 e. The number of aliphatic carboxylic acids is 1. The van der Waals surface area contributed by atoms with Gasteiger partial charge in [0.05, 0.1) is 16.2 Å². The summed E-state index contributed by atoms with van der Waals surface area (Å²) in [6, 6.07) is 16.8. The summed E-state index contributed by atoms with van der Waals surface area (Å²) < 4.78 is 62.8. The number of carbonyl (C=O) groups is 1. The number of hydrogen-bond acceptors (Lipinski definition) is 7. The molecule has 4 rings (SSSR count). The lowest BCUT2D eigenvalue weighted by Crippen LogP contribution is -2.24. The van der Waals surface area contributed by atoms with Crippen LogP contribution in [-0.2, 0) is 27.0 Å². The zero-order chi connectivity index (χ0) is 28.1. The lowest BCUT2D eigenvalue weighted by atomic mass is 10.1. The third kappa shape index (κ3) is 7.52. The third-order valence-corrected chi connectivity index (χ3v) is 6.59. The molecular weight excluding hydrogens is 531 g/mol. The summed E-state index contributed by atoms with van der Waals surface area (Å²) in [4.78, 5) is 40.5. The number of hydrogen-bond donors (Lipinski definition) is 3. The molecule has 0 aliphatic rings. The van der Waals surface area contributed by atoms with Crippen molar-refractivity contribution in [1.82, 2.24) is 15.0 Å². The highest BCUT2D eigenvalue weighted by atomic mass is 32.2. The summed E-state index contributed by atoms with van der Waals surface area (Å²) in [5.74, 6) is -2.73. The van der Waals surface area contributed by atoms with Crippen LogP contribution in [0.3, 0.4) is 0 Å². The second kappa shape index (κ2) is 11.3. The first-order valence-corrected chi connectivity index (χ1v) is 12.3. The summed E-state index contributed by atoms with van der Waals surface area (Å²) in [6.07, 6.45) is -5.08. The zero-order valence-electron chi connectivity index (χ0n) is 19.6. The van der Waals surface area contributed by atoms with Gasteiger partial charge in [0, 0.05) is 28.4 Å². The fraction of sp³-hybridized carbons (Fsp3) is 0.167. The van der Waals surface area contributed by atoms with E-state index < -0.39 is 39.0 Å². The number of carboxylic acids is 1. The van der Waals surface area contributed by atoms with Gasteiger partial charge in [0.25, 0.3) is 5.56 Å². The molecular formula is C24H20F3N3O7S. The van der Waals surface area contributed by atoms with Crippen LogP contribution in [0.2, 0.25) is 0 Å². The Hall–Kier alpha value is -4.46. The monoisotopic (exact) mass is 551 g/mol. The Balaban J connectivity index is 0.000000505. The van der Waals surface area contributed by atoms with E-state index in [0.717, 1.165) is 28.2 Å². The van der Waals surface area contributed by atoms with Crippen molar-refractivity contribution >= 4 is 26.7 Å². The summed E-state index contributed by atoms with van der Waals surface area (Å²) in [6.45, 7) is 2.23. The molecule has 14 heteroatoms. The third-order valence-electron chi connectivity index (χ3n) is 4.91. The quantitative estimate of drug-likeness (QED) is 0.330. The Bertz CT molecular complexity index is 1650. The Labute approximate surface area is 212 Å². The molecule has 4 aromatic rings. The number of pyridine rings is 1. The van der Waals surface area contributed by atoms with Crippen LogP contribution >= 0.6 is 0 Å². The standard InChI is InChI=1S/C22H19N3O5S.C2HF3O2/c1-14-10-15(19-4-2-3-5-20(19)23-14)12-30-17-6-8-18(9-7-17)31(28,29)13-16-11-21(26)25-22(27)24-16;3-2(4,5)1(6)7/h2-11H,12-13H2,1H3,(H2,24,25,26,27);(H,6,7). The Kier molecular flexibility index (Phi) is 8.36. The van der Waals surface area contributed by atoms with Gasteiger partial charge in [-0.2, -0.15) is 13.2 Å². The number of halogens is 3. The summed E-state index contributed by atoms with van der Waals surface area (Å²) >= 11 is 0. The van der Waals surface area contributed by atoms with Gasteiger partial charge in [-0.05, 0) is 43.3 Å². The van der Waals surface area contributed by atoms with Gasteiger partial charge >= 0.3 is 17.8 Å². The Morgan fingerprint density at radius 3 is 2.26 bits per heavy atom. The minimum absolute atomic E-state index is 0.0222. The number of benzene rings is 2. The van der Waals surface area contributed by atoms with E-state index in [0.29, 0.717) is 12.4 Å². The van der Waals surface area contributed by atoms with E-state index in [9.17, 15) is 31.2 Å². The number of H-pyrrole nitrogens is 2. The molecule has 0 saturated heterocycles. The molecule has 3 N–H and O–H groups in total. The van der Waals surface area contributed by atoms with Crippen LogP contribution in [-0.4, -0.2) is 40.6 Å². The van der Waals surface area contributed by atoms with Crippen molar-refractivity contribution in [2.45, 2.75) is 30.4 Å². The molecule has 0 saturated carbocycles. The van der Waals surface area contributed by atoms with Gasteiger partial charge in [0.15, 0.2) is 9.84 Å². The maximum absolute atomic E-state index is 12.6. The van der Waals surface area contributed by atoms with Crippen molar-refractivity contribution in [2.75, 3.05) is 0 Å². The SMILES string of the molecule is Cc1cc(COc2ccc(S(=O)(=O)Cc3cc(=O)[nH]c(=O)[nH]3)cc2)c2ccccc2n1.O=C(O)C(F)(F)F. The van der Waals surface area contributed by atoms with Gasteiger partial charge in [-0.1, -0.05) is 18.2 Å². The van der Waals surface area contributed by atoms with Gasteiger partial charge in [-0.25, -0.2) is 18.0 Å². The van der Waals surface area contributed by atoms with Crippen LogP contribution < -0.4 is 16.0 Å². The Morgan fingerprint density at radius 1 is 1.03 bits per heavy atom. The first-order valence-electron chi connectivity index (χ1n) is 10.7. The van der Waals surface area contributed by atoms with Crippen LogP contribution in [0.4, 0.5) is 13.2 Å². The number of fused-ring (bicyclic) bond motifs is 1. The average Bonchev–Trinajstić information content (AvgIpc) is 2.81. The number of para-hydroxylation sites is 1. The molecule has 0 radical (unpaired) electrons. The number of alkyl halides is 3. The fourth-order valence-electron chi connectivity index (χ4n) is 3.30. The van der Waals surface area contributed by atoms with E-state index in [2.05, 4.69) is 9.97 Å². The van der Waals surface area contributed by atoms with Crippen molar-refractivity contribution in [1.29, 1.82) is 0 Å². The van der Waals surface area contributed by atoms with Crippen LogP contribution in [0.1, 0.15) is 17.0 Å². The molecule has 2 heterocycles. The number of carboxylic acid groups (broad SMARTS) is 1. The summed E-state index contributed by atoms with van der Waals surface area (Å²) in [5, 5.41) is 8.12. The highest BCUT2D eigenvalue weighted by molar-refractivity contribution is 7.90. The van der Waals surface area contributed by atoms with E-state index in [4.69, 9.17) is 14.6 Å². The molecule has 10 nitrogen and oxygen atoms in total. The van der Waals surface area contributed by atoms with Gasteiger partial charge in [-0.15, -0.1) is 0 Å². The Morgan fingerprint density at radius 2 is 1.66 bits per heavy atom. The van der Waals surface area contributed by atoms with E-state index in [-0.39, 0.29) is 10.6 Å². The lowest BCUT2D eigenvalue weighted by molar-refractivity contribution is -0.192. The number of sulfone groups is 1. The first-order chi connectivity index (χ1) is 17.7. The van der Waals surface area contributed by atoms with E-state index in [1.807, 2.05) is 42.2 Å². The molecule has 38 heavy (non-hydrogen) atoms. The number of aromatic nitrogens is 3. The minimum Gasteiger partial charge on any atom is -0.489 e. The van der Waals surface area contributed by atoms with Crippen LogP contribution in [0.5, 0.6) is 5.75 Å². The predicted molar refractivity (Wildman–Crippen MR) is 130 cm³/mol. The molecule has 0 atom stereocenters. The van der Waals surface area contributed by atoms with Crippen LogP contribution in [0, 0.1) is 6.92 Å². The molecule has 0 aliphatic heterocycles. The number of ether oxygens (including phenoxy) is 1. The molecule has 0 unspecified atom stereocenters. The topological polar surface area (TPSA) is 159 Å². The van der Waals surface area contributed by atoms with E-state index >= 15 is 0 Å². The maximum Gasteiger partial charge on any atom is 0.490 e. The van der Waals surface area contributed by atoms with Crippen molar-refractivity contribution < 1.29 is 36.2 Å². The summed E-state index contributed by atoms with van der Waals surface area (Å²) in [7, 11) is -3.75. The summed E-state index contributed by atoms with van der Waals surface area (Å²) in [5.41, 5.74) is 1.38. The molecule has 2 aromatic heterocycles. The van der Waals surface area contributed by atoms with Gasteiger partial charge in [0.2, 0.25) is 0 Å². The second-order valence-electron chi connectivity index (χ2n) is 7.87. The fourth-order valence-corrected chi connectivity index (χ4v) is 4.59. The van der Waals surface area contributed by atoms with Crippen LogP contribution in [0.15, 0.2) is 75.1 Å². The van der Waals surface area contributed by atoms with E-state index in [1.54, 1.807) is 12.1 Å². The first kappa shape index (κ1) is 28.1. The minimum atomic E-state index is -5.08. The highest BCUT2D eigenvalue weighted by Crippen LogP contribution is 2.23. The van der Waals surface area contributed by atoms with Crippen molar-refractivity contribution in [3.05, 3.63) is 98.5 Å². The molecule has 0 amide bonds. The number of nitrogens with zero attached hydrogens (tertiary/aromatic N) is 1. The smallest absolute Gasteiger partial charge is 0.489 e. The predicted octanol–water partition coefficient (Wildman–Crippen LogP) is 3.11. The zero-order valence-corrected chi connectivity index (χ0v) is 20.4. The molecule has 2 aromatic carbocycles. The van der Waals surface area contributed by atoms with Gasteiger partial charge in [-0.3, -0.25) is 14.8 Å². The normalized spacial score (nSPS) is 11.5. The molecule has 0 aliphatic carbocycles. The molecule has 0 spiro atoms. The number of aromatic amines is 2. The molecule has 0 bridgehead atoms. The molecule has 0 fully saturated rings. The van der Waals surface area contributed by atoms with E-state index in [1.165, 1.54) is 12.1 Å². The molecule has 200 valence electrons. The van der Waals surface area contributed by atoms with Gasteiger partial charge in [0.1, 0.15) is 12.4 Å².